The molecule has 2 N–H and O–H groups in total. The number of carbonyl (C=O) groups excluding carboxylic acids is 1. The van der Waals surface area contributed by atoms with Crippen molar-refractivity contribution < 1.29 is 4.79 Å². The number of amides is 1. The van der Waals surface area contributed by atoms with Crippen molar-refractivity contribution >= 4 is 21.8 Å². The van der Waals surface area contributed by atoms with Gasteiger partial charge in [-0.2, -0.15) is 0 Å². The van der Waals surface area contributed by atoms with E-state index in [1.807, 2.05) is 0 Å². The molecule has 2 heterocycles. The Bertz CT molecular complexity index is 574. The Morgan fingerprint density at radius 2 is 2.00 bits per heavy atom. The number of hydrogen-bond donors (Lipinski definition) is 2. The molecule has 1 fully saturated rings. The molecule has 1 aromatic rings. The molecule has 0 radical (unpaired) electrons. The van der Waals surface area contributed by atoms with Crippen LogP contribution in [0.4, 0.5) is 0 Å². The van der Waals surface area contributed by atoms with Crippen LogP contribution in [0.2, 0.25) is 0 Å². The van der Waals surface area contributed by atoms with Crippen LogP contribution >= 0.6 is 15.9 Å². The monoisotopic (exact) mass is 330 g/mol. The minimum Gasteiger partial charge on any atom is -0.340 e. The third-order valence-electron chi connectivity index (χ3n) is 3.00. The molecule has 104 valence electrons. The number of nitrogens with zero attached hydrogens (tertiary/aromatic N) is 2. The van der Waals surface area contributed by atoms with E-state index in [9.17, 15) is 14.4 Å². The number of aromatic amines is 1. The van der Waals surface area contributed by atoms with Crippen LogP contribution in [-0.4, -0.2) is 46.5 Å². The highest BCUT2D eigenvalue weighted by molar-refractivity contribution is 9.10. The van der Waals surface area contributed by atoms with E-state index in [-0.39, 0.29) is 23.3 Å². The van der Waals surface area contributed by atoms with Gasteiger partial charge in [0.25, 0.3) is 5.56 Å². The van der Waals surface area contributed by atoms with Gasteiger partial charge in [-0.1, -0.05) is 0 Å². The summed E-state index contributed by atoms with van der Waals surface area (Å²) in [6.07, 6.45) is 1.66. The Hall–Kier alpha value is -1.41. The van der Waals surface area contributed by atoms with Gasteiger partial charge in [0.05, 0.1) is 4.47 Å². The molecule has 0 atom stereocenters. The van der Waals surface area contributed by atoms with Crippen molar-refractivity contribution in [3.05, 3.63) is 31.5 Å². The summed E-state index contributed by atoms with van der Waals surface area (Å²) < 4.78 is 1.60. The first-order valence-electron chi connectivity index (χ1n) is 6.05. The number of nitrogens with one attached hydrogen (secondary N) is 2. The smallest absolute Gasteiger partial charge is 0.328 e. The zero-order valence-electron chi connectivity index (χ0n) is 10.3. The molecule has 1 aliphatic rings. The Labute approximate surface area is 117 Å². The van der Waals surface area contributed by atoms with Crippen LogP contribution in [0, 0.1) is 0 Å². The summed E-state index contributed by atoms with van der Waals surface area (Å²) in [7, 11) is 0. The molecule has 0 saturated carbocycles. The second-order valence-electron chi connectivity index (χ2n) is 4.31. The molecule has 2 rings (SSSR count). The van der Waals surface area contributed by atoms with Gasteiger partial charge in [0.1, 0.15) is 0 Å². The lowest BCUT2D eigenvalue weighted by molar-refractivity contribution is -0.132. The fraction of sp³-hybridized carbons (Fsp3) is 0.545. The zero-order valence-corrected chi connectivity index (χ0v) is 11.9. The van der Waals surface area contributed by atoms with Crippen LogP contribution in [0.25, 0.3) is 0 Å². The van der Waals surface area contributed by atoms with Crippen LogP contribution in [-0.2, 0) is 11.3 Å². The number of halogens is 1. The molecule has 1 aliphatic heterocycles. The molecular formula is C11H15BrN4O3. The second-order valence-corrected chi connectivity index (χ2v) is 5.16. The Morgan fingerprint density at radius 3 is 2.68 bits per heavy atom. The number of carbonyl (C=O) groups is 1. The van der Waals surface area contributed by atoms with E-state index in [1.165, 1.54) is 10.8 Å². The molecule has 1 amide bonds. The molecule has 0 spiro atoms. The first kappa shape index (κ1) is 14.0. The minimum atomic E-state index is -0.499. The molecule has 1 saturated heterocycles. The molecule has 19 heavy (non-hydrogen) atoms. The summed E-state index contributed by atoms with van der Waals surface area (Å²) in [5.74, 6) is 0.0238. The van der Waals surface area contributed by atoms with Gasteiger partial charge in [-0.15, -0.1) is 0 Å². The van der Waals surface area contributed by atoms with Crippen molar-refractivity contribution in [2.45, 2.75) is 13.0 Å². The van der Waals surface area contributed by atoms with Crippen molar-refractivity contribution in [2.24, 2.45) is 0 Å². The van der Waals surface area contributed by atoms with E-state index in [0.29, 0.717) is 13.1 Å². The van der Waals surface area contributed by atoms with E-state index in [0.717, 1.165) is 13.1 Å². The molecule has 0 unspecified atom stereocenters. The topological polar surface area (TPSA) is 87.2 Å². The van der Waals surface area contributed by atoms with Crippen molar-refractivity contribution in [2.75, 3.05) is 26.2 Å². The van der Waals surface area contributed by atoms with Crippen LogP contribution in [0.1, 0.15) is 6.42 Å². The molecule has 7 nitrogen and oxygen atoms in total. The van der Waals surface area contributed by atoms with E-state index >= 15 is 0 Å². The van der Waals surface area contributed by atoms with Crippen LogP contribution < -0.4 is 16.6 Å². The fourth-order valence-electron chi connectivity index (χ4n) is 1.94. The van der Waals surface area contributed by atoms with Gasteiger partial charge in [0.2, 0.25) is 5.91 Å². The van der Waals surface area contributed by atoms with E-state index in [1.54, 1.807) is 4.90 Å². The quantitative estimate of drug-likeness (QED) is 0.753. The summed E-state index contributed by atoms with van der Waals surface area (Å²) in [6.45, 7) is 3.26. The van der Waals surface area contributed by atoms with Crippen molar-refractivity contribution in [1.29, 1.82) is 0 Å². The Kier molecular flexibility index (Phi) is 4.54. The number of H-pyrrole nitrogens is 1. The third kappa shape index (κ3) is 3.54. The lowest BCUT2D eigenvalue weighted by atomic mass is 10.3. The highest BCUT2D eigenvalue weighted by atomic mass is 79.9. The summed E-state index contributed by atoms with van der Waals surface area (Å²) in [4.78, 5) is 38.6. The third-order valence-corrected chi connectivity index (χ3v) is 3.57. The largest absolute Gasteiger partial charge is 0.340 e. The van der Waals surface area contributed by atoms with Crippen molar-refractivity contribution in [1.82, 2.24) is 19.8 Å². The first-order valence-corrected chi connectivity index (χ1v) is 6.85. The number of rotatable bonds is 3. The molecule has 0 bridgehead atoms. The van der Waals surface area contributed by atoms with E-state index in [2.05, 4.69) is 26.2 Å². The van der Waals surface area contributed by atoms with Gasteiger partial charge in [0.15, 0.2) is 0 Å². The van der Waals surface area contributed by atoms with Gasteiger partial charge in [-0.3, -0.25) is 19.1 Å². The number of piperazine rings is 1. The molecule has 0 aromatic carbocycles. The normalized spacial score (nSPS) is 15.5. The Morgan fingerprint density at radius 1 is 1.32 bits per heavy atom. The molecule has 8 heteroatoms. The van der Waals surface area contributed by atoms with Crippen LogP contribution in [0.15, 0.2) is 20.3 Å². The summed E-state index contributed by atoms with van der Waals surface area (Å²) in [5.41, 5.74) is -0.962. The van der Waals surface area contributed by atoms with E-state index in [4.69, 9.17) is 0 Å². The van der Waals surface area contributed by atoms with Gasteiger partial charge in [-0.05, 0) is 15.9 Å². The maximum Gasteiger partial charge on any atom is 0.328 e. The molecule has 1 aromatic heterocycles. The standard InChI is InChI=1S/C11H15BrN4O3/c12-8-7-16(11(19)14-10(8)18)4-1-9(17)15-5-2-13-3-6-15/h7,13H,1-6H2,(H,14,18,19). The second kappa shape index (κ2) is 6.16. The maximum atomic E-state index is 11.9. The zero-order chi connectivity index (χ0) is 13.8. The van der Waals surface area contributed by atoms with Crippen LogP contribution in [0.3, 0.4) is 0 Å². The number of hydrogen-bond acceptors (Lipinski definition) is 4. The average molecular weight is 331 g/mol. The highest BCUT2D eigenvalue weighted by Gasteiger charge is 2.16. The lowest BCUT2D eigenvalue weighted by Gasteiger charge is -2.27. The van der Waals surface area contributed by atoms with Crippen molar-refractivity contribution in [3.63, 3.8) is 0 Å². The predicted octanol–water partition coefficient (Wildman–Crippen LogP) is -0.879. The first-order chi connectivity index (χ1) is 9.08. The van der Waals surface area contributed by atoms with E-state index < -0.39 is 11.2 Å². The number of aryl methyl sites for hydroxylation is 1. The van der Waals surface area contributed by atoms with Crippen LogP contribution in [0.5, 0.6) is 0 Å². The fourth-order valence-corrected chi connectivity index (χ4v) is 2.28. The SMILES string of the molecule is O=C(CCn1cc(Br)c(=O)[nH]c1=O)N1CCNCC1. The summed E-state index contributed by atoms with van der Waals surface area (Å²) in [6, 6.07) is 0. The highest BCUT2D eigenvalue weighted by Crippen LogP contribution is 2.01. The maximum absolute atomic E-state index is 11.9. The van der Waals surface area contributed by atoms with Crippen molar-refractivity contribution in [3.8, 4) is 0 Å². The van der Waals surface area contributed by atoms with Gasteiger partial charge >= 0.3 is 5.69 Å². The Balaban J connectivity index is 1.98. The minimum absolute atomic E-state index is 0.0238. The summed E-state index contributed by atoms with van der Waals surface area (Å²) >= 11 is 3.06. The summed E-state index contributed by atoms with van der Waals surface area (Å²) in [5, 5.41) is 3.17. The molecular weight excluding hydrogens is 316 g/mol. The van der Waals surface area contributed by atoms with Gasteiger partial charge in [-0.25, -0.2) is 4.79 Å². The lowest BCUT2D eigenvalue weighted by Crippen LogP contribution is -2.46. The predicted molar refractivity (Wildman–Crippen MR) is 73.1 cm³/mol. The van der Waals surface area contributed by atoms with Gasteiger partial charge < -0.3 is 10.2 Å². The number of aromatic nitrogens is 2. The average Bonchev–Trinajstić information content (AvgIpc) is 2.42. The van der Waals surface area contributed by atoms with Gasteiger partial charge in [0, 0.05) is 45.3 Å². The molecule has 0 aliphatic carbocycles.